The van der Waals surface area contributed by atoms with Gasteiger partial charge < -0.3 is 10.1 Å². The maximum Gasteiger partial charge on any atom is 0.338 e. The number of nitriles is 1. The molecule has 1 aliphatic heterocycles. The number of nitrogens with one attached hydrogen (secondary N) is 1. The topological polar surface area (TPSA) is 79.2 Å². The summed E-state index contributed by atoms with van der Waals surface area (Å²) in [6.07, 6.45) is 1.23. The minimum atomic E-state index is -0.547. The van der Waals surface area contributed by atoms with Gasteiger partial charge in [-0.1, -0.05) is 24.3 Å². The van der Waals surface area contributed by atoms with Gasteiger partial charge in [-0.25, -0.2) is 4.79 Å². The second-order valence-corrected chi connectivity index (χ2v) is 8.56. The van der Waals surface area contributed by atoms with E-state index in [1.807, 2.05) is 41.7 Å². The average molecular weight is 399 g/mol. The third kappa shape index (κ3) is 5.28. The van der Waals surface area contributed by atoms with E-state index in [4.69, 9.17) is 10.00 Å². The number of rotatable bonds is 5. The number of hydrogen-bond acceptors (Lipinski definition) is 6. The van der Waals surface area contributed by atoms with Crippen molar-refractivity contribution in [2.45, 2.75) is 11.0 Å². The lowest BCUT2D eigenvalue weighted by Gasteiger charge is -2.21. The monoisotopic (exact) mass is 398 g/mol. The van der Waals surface area contributed by atoms with Crippen molar-refractivity contribution in [2.75, 3.05) is 23.4 Å². The number of carbonyl (C=O) groups excluding carboxylic acids is 2. The molecule has 138 valence electrons. The van der Waals surface area contributed by atoms with Crippen LogP contribution in [-0.4, -0.2) is 30.0 Å². The maximum absolute atomic E-state index is 12.1. The lowest BCUT2D eigenvalue weighted by molar-refractivity contribution is -0.119. The summed E-state index contributed by atoms with van der Waals surface area (Å²) >= 11 is 3.84. The Balaban J connectivity index is 1.52. The molecule has 0 aromatic heterocycles. The van der Waals surface area contributed by atoms with Gasteiger partial charge in [0.1, 0.15) is 6.07 Å². The van der Waals surface area contributed by atoms with Crippen LogP contribution in [0.15, 0.2) is 48.5 Å². The number of nitrogens with zero attached hydrogens (tertiary/aromatic N) is 1. The first-order chi connectivity index (χ1) is 13.2. The van der Waals surface area contributed by atoms with Crippen molar-refractivity contribution in [3.63, 3.8) is 0 Å². The molecular weight excluding hydrogens is 380 g/mol. The second-order valence-electron chi connectivity index (χ2n) is 5.83. The molecule has 0 saturated carbocycles. The molecule has 2 aromatic carbocycles. The zero-order chi connectivity index (χ0) is 19.1. The van der Waals surface area contributed by atoms with E-state index in [0.29, 0.717) is 21.4 Å². The van der Waals surface area contributed by atoms with Gasteiger partial charge in [-0.05, 0) is 47.8 Å². The number of ether oxygens (including phenoxy) is 1. The van der Waals surface area contributed by atoms with Crippen LogP contribution in [0.3, 0.4) is 0 Å². The first kappa shape index (κ1) is 19.3. The van der Waals surface area contributed by atoms with Crippen LogP contribution in [0, 0.1) is 11.3 Å². The molecule has 0 aliphatic carbocycles. The predicted molar refractivity (Wildman–Crippen MR) is 109 cm³/mol. The molecule has 0 bridgehead atoms. The molecule has 27 heavy (non-hydrogen) atoms. The molecular formula is C20H18N2O3S2. The highest BCUT2D eigenvalue weighted by atomic mass is 32.2. The fourth-order valence-electron chi connectivity index (χ4n) is 2.55. The van der Waals surface area contributed by atoms with E-state index in [1.165, 1.54) is 12.0 Å². The third-order valence-electron chi connectivity index (χ3n) is 3.90. The molecule has 2 aromatic rings. The van der Waals surface area contributed by atoms with Crippen LogP contribution in [0.5, 0.6) is 0 Å². The Morgan fingerprint density at radius 2 is 1.81 bits per heavy atom. The molecule has 0 unspecified atom stereocenters. The van der Waals surface area contributed by atoms with Gasteiger partial charge in [0.2, 0.25) is 0 Å². The number of amides is 1. The Kier molecular flexibility index (Phi) is 6.80. The van der Waals surface area contributed by atoms with Crippen molar-refractivity contribution in [3.05, 3.63) is 65.2 Å². The Labute approximate surface area is 166 Å². The van der Waals surface area contributed by atoms with Gasteiger partial charge in [-0.2, -0.15) is 5.26 Å². The summed E-state index contributed by atoms with van der Waals surface area (Å²) < 4.78 is 5.49. The predicted octanol–water partition coefficient (Wildman–Crippen LogP) is 4.22. The summed E-state index contributed by atoms with van der Waals surface area (Å²) in [6, 6.07) is 16.0. The van der Waals surface area contributed by atoms with E-state index in [-0.39, 0.29) is 0 Å². The van der Waals surface area contributed by atoms with Gasteiger partial charge in [0.25, 0.3) is 5.91 Å². The van der Waals surface area contributed by atoms with E-state index in [9.17, 15) is 9.59 Å². The van der Waals surface area contributed by atoms with E-state index in [2.05, 4.69) is 5.32 Å². The summed E-state index contributed by atoms with van der Waals surface area (Å²) in [5, 5.41) is 11.6. The maximum atomic E-state index is 12.1. The first-order valence-electron chi connectivity index (χ1n) is 8.46. The number of benzene rings is 2. The van der Waals surface area contributed by atoms with Gasteiger partial charge in [0, 0.05) is 0 Å². The molecule has 0 atom stereocenters. The quantitative estimate of drug-likeness (QED) is 0.760. The van der Waals surface area contributed by atoms with Crippen LogP contribution in [0.1, 0.15) is 32.5 Å². The Bertz CT molecular complexity index is 856. The van der Waals surface area contributed by atoms with Crippen molar-refractivity contribution >= 4 is 41.1 Å². The lowest BCUT2D eigenvalue weighted by Crippen LogP contribution is -2.21. The van der Waals surface area contributed by atoms with Crippen molar-refractivity contribution in [2.24, 2.45) is 0 Å². The normalized spacial score (nSPS) is 14.2. The van der Waals surface area contributed by atoms with Crippen LogP contribution < -0.4 is 5.32 Å². The van der Waals surface area contributed by atoms with Gasteiger partial charge in [-0.15, -0.1) is 23.5 Å². The highest BCUT2D eigenvalue weighted by molar-refractivity contribution is 8.16. The SMILES string of the molecule is N#Cc1ccccc1NC(=O)COC(=O)c1ccc(C2SCCCS2)cc1. The van der Waals surface area contributed by atoms with Crippen LogP contribution in [0.25, 0.3) is 0 Å². The van der Waals surface area contributed by atoms with Gasteiger partial charge in [0.15, 0.2) is 6.61 Å². The highest BCUT2D eigenvalue weighted by Crippen LogP contribution is 2.43. The summed E-state index contributed by atoms with van der Waals surface area (Å²) in [6.45, 7) is -0.408. The fraction of sp³-hybridized carbons (Fsp3) is 0.250. The summed E-state index contributed by atoms with van der Waals surface area (Å²) in [7, 11) is 0. The highest BCUT2D eigenvalue weighted by Gasteiger charge is 2.17. The van der Waals surface area contributed by atoms with Gasteiger partial charge in [-0.3, -0.25) is 4.79 Å². The zero-order valence-corrected chi connectivity index (χ0v) is 16.1. The van der Waals surface area contributed by atoms with Crippen LogP contribution in [0.2, 0.25) is 0 Å². The van der Waals surface area contributed by atoms with Crippen LogP contribution in [0.4, 0.5) is 5.69 Å². The summed E-state index contributed by atoms with van der Waals surface area (Å²) in [5.74, 6) is 1.28. The van der Waals surface area contributed by atoms with E-state index < -0.39 is 18.5 Å². The van der Waals surface area contributed by atoms with E-state index in [1.54, 1.807) is 36.4 Å². The minimum Gasteiger partial charge on any atom is -0.452 e. The molecule has 1 N–H and O–H groups in total. The van der Waals surface area contributed by atoms with Gasteiger partial charge >= 0.3 is 5.97 Å². The molecule has 5 nitrogen and oxygen atoms in total. The van der Waals surface area contributed by atoms with Crippen molar-refractivity contribution in [3.8, 4) is 6.07 Å². The van der Waals surface area contributed by atoms with Crippen molar-refractivity contribution < 1.29 is 14.3 Å². The summed E-state index contributed by atoms with van der Waals surface area (Å²) in [5.41, 5.74) is 2.35. The average Bonchev–Trinajstić information content (AvgIpc) is 2.73. The number of para-hydroxylation sites is 1. The molecule has 1 heterocycles. The van der Waals surface area contributed by atoms with Crippen molar-refractivity contribution in [1.29, 1.82) is 5.26 Å². The van der Waals surface area contributed by atoms with E-state index in [0.717, 1.165) is 11.5 Å². The standard InChI is InChI=1S/C20H18N2O3S2/c21-12-16-4-1-2-5-17(16)22-18(23)13-25-19(24)14-6-8-15(9-7-14)20-26-10-3-11-27-20/h1-2,4-9,20H,3,10-11,13H2,(H,22,23). The zero-order valence-electron chi connectivity index (χ0n) is 14.5. The molecule has 3 rings (SSSR count). The molecule has 1 aliphatic rings. The van der Waals surface area contributed by atoms with Crippen LogP contribution >= 0.6 is 23.5 Å². The smallest absolute Gasteiger partial charge is 0.338 e. The Hall–Kier alpha value is -2.43. The summed E-state index contributed by atoms with van der Waals surface area (Å²) in [4.78, 5) is 24.1. The Morgan fingerprint density at radius 3 is 2.52 bits per heavy atom. The minimum absolute atomic E-state index is 0.353. The third-order valence-corrected chi connectivity index (χ3v) is 6.92. The molecule has 0 radical (unpaired) electrons. The van der Waals surface area contributed by atoms with Crippen molar-refractivity contribution in [1.82, 2.24) is 0 Å². The lowest BCUT2D eigenvalue weighted by atomic mass is 10.1. The number of thioether (sulfide) groups is 2. The second kappa shape index (κ2) is 9.49. The van der Waals surface area contributed by atoms with E-state index >= 15 is 0 Å². The molecule has 7 heteroatoms. The molecule has 1 amide bonds. The fourth-order valence-corrected chi connectivity index (χ4v) is 5.44. The number of anilines is 1. The Morgan fingerprint density at radius 1 is 1.11 bits per heavy atom. The molecule has 1 saturated heterocycles. The van der Waals surface area contributed by atoms with Crippen LogP contribution in [-0.2, 0) is 9.53 Å². The first-order valence-corrected chi connectivity index (χ1v) is 10.6. The van der Waals surface area contributed by atoms with Gasteiger partial charge in [0.05, 0.1) is 21.4 Å². The largest absolute Gasteiger partial charge is 0.452 e. The molecule has 1 fully saturated rings. The number of carbonyl (C=O) groups is 2. The number of esters is 1. The molecule has 0 spiro atoms. The number of hydrogen-bond donors (Lipinski definition) is 1.